The molecule has 0 unspecified atom stereocenters. The van der Waals surface area contributed by atoms with Crippen LogP contribution in [0.15, 0.2) is 181 Å². The predicted octanol–water partition coefficient (Wildman–Crippen LogP) is 12.2. The first-order valence-electron chi connectivity index (χ1n) is 16.7. The monoisotopic (exact) mass is 641 g/mol. The van der Waals surface area contributed by atoms with Gasteiger partial charge in [-0.1, -0.05) is 128 Å². The number of benzene rings is 6. The SMILES string of the molecule is C=CC=C(C=C)c1nc(-c2cccc(-c3cccc4c3c3cc(-c5ccccc5)ccc3n4-c3ccccc3)c2)c2oc3ccccc3c2n1. The van der Waals surface area contributed by atoms with Crippen LogP contribution in [0.3, 0.4) is 0 Å². The summed E-state index contributed by atoms with van der Waals surface area (Å²) in [4.78, 5) is 10.1. The van der Waals surface area contributed by atoms with Crippen LogP contribution in [-0.4, -0.2) is 14.5 Å². The lowest BCUT2D eigenvalue weighted by atomic mass is 9.96. The molecular formula is C46H31N3O. The van der Waals surface area contributed by atoms with E-state index in [1.165, 1.54) is 21.9 Å². The summed E-state index contributed by atoms with van der Waals surface area (Å²) < 4.78 is 8.82. The topological polar surface area (TPSA) is 43.9 Å². The van der Waals surface area contributed by atoms with Gasteiger partial charge in [0.15, 0.2) is 11.4 Å². The van der Waals surface area contributed by atoms with Crippen molar-refractivity contribution in [1.82, 2.24) is 14.5 Å². The Balaban J connectivity index is 1.31. The highest BCUT2D eigenvalue weighted by molar-refractivity contribution is 6.17. The van der Waals surface area contributed by atoms with E-state index in [0.29, 0.717) is 11.4 Å². The minimum Gasteiger partial charge on any atom is -0.452 e. The number of nitrogens with zero attached hydrogens (tertiary/aromatic N) is 3. The number of furan rings is 1. The van der Waals surface area contributed by atoms with Crippen LogP contribution in [0.2, 0.25) is 0 Å². The lowest BCUT2D eigenvalue weighted by Crippen LogP contribution is -1.96. The number of allylic oxidation sites excluding steroid dienone is 4. The molecule has 0 fully saturated rings. The van der Waals surface area contributed by atoms with Crippen molar-refractivity contribution >= 4 is 49.4 Å². The number of aromatic nitrogens is 3. The lowest BCUT2D eigenvalue weighted by molar-refractivity contribution is 0.667. The van der Waals surface area contributed by atoms with E-state index >= 15 is 0 Å². The molecule has 0 amide bonds. The van der Waals surface area contributed by atoms with Crippen molar-refractivity contribution in [1.29, 1.82) is 0 Å². The summed E-state index contributed by atoms with van der Waals surface area (Å²) in [6.45, 7) is 7.92. The summed E-state index contributed by atoms with van der Waals surface area (Å²) >= 11 is 0. The molecule has 0 spiro atoms. The maximum absolute atomic E-state index is 6.45. The van der Waals surface area contributed by atoms with Crippen LogP contribution in [0.5, 0.6) is 0 Å². The molecule has 0 saturated heterocycles. The van der Waals surface area contributed by atoms with Gasteiger partial charge < -0.3 is 8.98 Å². The van der Waals surface area contributed by atoms with Gasteiger partial charge in [0.2, 0.25) is 0 Å². The third-order valence-corrected chi connectivity index (χ3v) is 9.35. The van der Waals surface area contributed by atoms with Crippen molar-refractivity contribution < 1.29 is 4.42 Å². The molecule has 0 bridgehead atoms. The fraction of sp³-hybridized carbons (Fsp3) is 0. The fourth-order valence-corrected chi connectivity index (χ4v) is 7.09. The first kappa shape index (κ1) is 29.4. The Bertz CT molecular complexity index is 2790. The number of rotatable bonds is 7. The molecule has 9 rings (SSSR count). The normalized spacial score (nSPS) is 11.9. The van der Waals surface area contributed by atoms with Crippen LogP contribution in [-0.2, 0) is 0 Å². The second-order valence-corrected chi connectivity index (χ2v) is 12.3. The van der Waals surface area contributed by atoms with Gasteiger partial charge in [0.25, 0.3) is 0 Å². The largest absolute Gasteiger partial charge is 0.452 e. The summed E-state index contributed by atoms with van der Waals surface area (Å²) in [5.74, 6) is 0.570. The van der Waals surface area contributed by atoms with E-state index in [2.05, 4.69) is 139 Å². The summed E-state index contributed by atoms with van der Waals surface area (Å²) in [5.41, 5.74) is 12.7. The maximum Gasteiger partial charge on any atom is 0.180 e. The Labute approximate surface area is 289 Å². The number of para-hydroxylation sites is 2. The zero-order valence-electron chi connectivity index (χ0n) is 27.3. The zero-order chi connectivity index (χ0) is 33.6. The van der Waals surface area contributed by atoms with Gasteiger partial charge in [-0.2, -0.15) is 0 Å². The molecule has 0 atom stereocenters. The Morgan fingerprint density at radius 1 is 0.600 bits per heavy atom. The molecule has 236 valence electrons. The number of hydrogen-bond donors (Lipinski definition) is 0. The zero-order valence-corrected chi connectivity index (χ0v) is 27.3. The highest BCUT2D eigenvalue weighted by Gasteiger charge is 2.20. The second-order valence-electron chi connectivity index (χ2n) is 12.3. The van der Waals surface area contributed by atoms with Gasteiger partial charge in [-0.25, -0.2) is 9.97 Å². The Kier molecular flexibility index (Phi) is 7.07. The highest BCUT2D eigenvalue weighted by atomic mass is 16.3. The highest BCUT2D eigenvalue weighted by Crippen LogP contribution is 2.42. The molecule has 0 aliphatic heterocycles. The molecule has 4 heteroatoms. The Hall–Kier alpha value is -6.78. The number of hydrogen-bond acceptors (Lipinski definition) is 3. The smallest absolute Gasteiger partial charge is 0.180 e. The van der Waals surface area contributed by atoms with Crippen molar-refractivity contribution in [2.24, 2.45) is 0 Å². The van der Waals surface area contributed by atoms with Gasteiger partial charge in [0, 0.05) is 33.0 Å². The molecular weight excluding hydrogens is 611 g/mol. The molecule has 0 saturated carbocycles. The van der Waals surface area contributed by atoms with E-state index in [1.807, 2.05) is 30.3 Å². The van der Waals surface area contributed by atoms with Crippen LogP contribution in [0, 0.1) is 0 Å². The predicted molar refractivity (Wildman–Crippen MR) is 208 cm³/mol. The third-order valence-electron chi connectivity index (χ3n) is 9.35. The van der Waals surface area contributed by atoms with Crippen molar-refractivity contribution in [2.75, 3.05) is 0 Å². The van der Waals surface area contributed by atoms with E-state index in [1.54, 1.807) is 12.2 Å². The van der Waals surface area contributed by atoms with Gasteiger partial charge in [0.1, 0.15) is 16.8 Å². The van der Waals surface area contributed by atoms with Crippen molar-refractivity contribution in [3.8, 4) is 39.2 Å². The molecule has 0 N–H and O–H groups in total. The average molecular weight is 642 g/mol. The first-order chi connectivity index (χ1) is 24.7. The van der Waals surface area contributed by atoms with Crippen molar-refractivity contribution in [2.45, 2.75) is 0 Å². The van der Waals surface area contributed by atoms with Crippen LogP contribution in [0.25, 0.3) is 88.6 Å². The Morgan fingerprint density at radius 3 is 2.16 bits per heavy atom. The molecule has 50 heavy (non-hydrogen) atoms. The standard InChI is InChI=1S/C46H31N3O/c1-3-15-30(4-2)46-47-43(45-44(48-46)37-22-11-12-25-41(37)50-45)34-19-13-18-33(28-34)36-23-14-24-40-42(36)38-29-32(31-16-7-5-8-17-31)26-27-39(38)49(40)35-20-9-6-10-21-35/h3-29H,1-2H2. The van der Waals surface area contributed by atoms with E-state index in [4.69, 9.17) is 14.4 Å². The fourth-order valence-electron chi connectivity index (χ4n) is 7.09. The molecule has 6 aromatic carbocycles. The maximum atomic E-state index is 6.45. The van der Waals surface area contributed by atoms with E-state index < -0.39 is 0 Å². The molecule has 0 aliphatic rings. The van der Waals surface area contributed by atoms with Crippen molar-refractivity contribution in [3.63, 3.8) is 0 Å². The molecule has 0 radical (unpaired) electrons. The van der Waals surface area contributed by atoms with E-state index in [0.717, 1.165) is 61.2 Å². The Morgan fingerprint density at radius 2 is 1.34 bits per heavy atom. The van der Waals surface area contributed by atoms with Crippen LogP contribution in [0.1, 0.15) is 5.82 Å². The van der Waals surface area contributed by atoms with Crippen molar-refractivity contribution in [3.05, 3.63) is 183 Å². The van der Waals surface area contributed by atoms with Gasteiger partial charge in [0.05, 0.1) is 11.0 Å². The lowest BCUT2D eigenvalue weighted by Gasteiger charge is -2.10. The summed E-state index contributed by atoms with van der Waals surface area (Å²) in [6.07, 6.45) is 5.37. The van der Waals surface area contributed by atoms with Gasteiger partial charge in [-0.15, -0.1) is 0 Å². The average Bonchev–Trinajstić information content (AvgIpc) is 3.73. The van der Waals surface area contributed by atoms with Crippen LogP contribution >= 0.6 is 0 Å². The van der Waals surface area contributed by atoms with Gasteiger partial charge in [-0.05, 0) is 70.8 Å². The molecule has 3 heterocycles. The van der Waals surface area contributed by atoms with Crippen LogP contribution < -0.4 is 0 Å². The van der Waals surface area contributed by atoms with Gasteiger partial charge >= 0.3 is 0 Å². The minimum atomic E-state index is 0.570. The van der Waals surface area contributed by atoms with Gasteiger partial charge in [-0.3, -0.25) is 0 Å². The quantitative estimate of drug-likeness (QED) is 0.163. The van der Waals surface area contributed by atoms with E-state index in [-0.39, 0.29) is 0 Å². The molecule has 3 aromatic heterocycles. The molecule has 9 aromatic rings. The third kappa shape index (κ3) is 4.77. The molecule has 0 aliphatic carbocycles. The van der Waals surface area contributed by atoms with Crippen LogP contribution in [0.4, 0.5) is 0 Å². The molecule has 4 nitrogen and oxygen atoms in total. The summed E-state index contributed by atoms with van der Waals surface area (Å²) in [6, 6.07) is 51.1. The summed E-state index contributed by atoms with van der Waals surface area (Å²) in [5, 5.41) is 3.33. The first-order valence-corrected chi connectivity index (χ1v) is 16.7. The second kappa shape index (κ2) is 12.0. The number of fused-ring (bicyclic) bond motifs is 6. The minimum absolute atomic E-state index is 0.570. The summed E-state index contributed by atoms with van der Waals surface area (Å²) in [7, 11) is 0. The van der Waals surface area contributed by atoms with E-state index in [9.17, 15) is 0 Å².